The van der Waals surface area contributed by atoms with Crippen LogP contribution in [0.25, 0.3) is 0 Å². The number of benzene rings is 1. The molecule has 0 bridgehead atoms. The molecule has 1 aromatic heterocycles. The summed E-state index contributed by atoms with van der Waals surface area (Å²) >= 11 is 2.69. The molecule has 18 heavy (non-hydrogen) atoms. The zero-order chi connectivity index (χ0) is 13.1. The van der Waals surface area contributed by atoms with E-state index in [1.165, 1.54) is 34.5 Å². The first-order valence-corrected chi connectivity index (χ1v) is 6.72. The van der Waals surface area contributed by atoms with Crippen molar-refractivity contribution in [1.82, 2.24) is 14.3 Å². The van der Waals surface area contributed by atoms with Crippen molar-refractivity contribution in [3.63, 3.8) is 0 Å². The number of nitrogen functional groups attached to an aromatic ring is 1. The maximum absolute atomic E-state index is 12.0. The van der Waals surface area contributed by atoms with E-state index >= 15 is 0 Å². The summed E-state index contributed by atoms with van der Waals surface area (Å²) in [5.74, 6) is -0.0537. The number of carbonyl (C=O) groups excluding carboxylic acids is 1. The maximum Gasteiger partial charge on any atom is 0.254 e. The summed E-state index contributed by atoms with van der Waals surface area (Å²) in [6, 6.07) is 5.24. The highest BCUT2D eigenvalue weighted by Crippen LogP contribution is 2.32. The van der Waals surface area contributed by atoms with Gasteiger partial charge in [0.2, 0.25) is 0 Å². The lowest BCUT2D eigenvalue weighted by Crippen LogP contribution is -2.22. The third-order valence-corrected chi connectivity index (χ3v) is 3.95. The molecule has 0 spiro atoms. The van der Waals surface area contributed by atoms with Gasteiger partial charge in [-0.25, -0.2) is 4.98 Å². The number of anilines is 1. The molecule has 2 aromatic rings. The first-order valence-electron chi connectivity index (χ1n) is 5.13. The van der Waals surface area contributed by atoms with Crippen molar-refractivity contribution in [2.75, 3.05) is 19.8 Å². The van der Waals surface area contributed by atoms with Gasteiger partial charge in [0, 0.05) is 24.7 Å². The second kappa shape index (κ2) is 5.36. The van der Waals surface area contributed by atoms with Crippen molar-refractivity contribution < 1.29 is 4.79 Å². The number of aromatic nitrogens is 2. The van der Waals surface area contributed by atoms with Gasteiger partial charge in [-0.15, -0.1) is 0 Å². The van der Waals surface area contributed by atoms with Gasteiger partial charge in [0.25, 0.3) is 5.91 Å². The van der Waals surface area contributed by atoms with Gasteiger partial charge in [0.15, 0.2) is 4.34 Å². The molecule has 0 fully saturated rings. The molecule has 0 aliphatic rings. The van der Waals surface area contributed by atoms with Crippen molar-refractivity contribution in [3.8, 4) is 0 Å². The Morgan fingerprint density at radius 2 is 2.22 bits per heavy atom. The maximum atomic E-state index is 12.0. The van der Waals surface area contributed by atoms with Crippen molar-refractivity contribution in [2.45, 2.75) is 9.24 Å². The fourth-order valence-corrected chi connectivity index (χ4v) is 2.92. The predicted octanol–water partition coefficient (Wildman–Crippen LogP) is 1.97. The zero-order valence-corrected chi connectivity index (χ0v) is 11.6. The summed E-state index contributed by atoms with van der Waals surface area (Å²) in [5, 5.41) is 0. The minimum absolute atomic E-state index is 0.0537. The second-order valence-corrected chi connectivity index (χ2v) is 5.83. The van der Waals surface area contributed by atoms with E-state index in [9.17, 15) is 4.79 Å². The molecule has 0 unspecified atom stereocenters. The van der Waals surface area contributed by atoms with Gasteiger partial charge in [0.1, 0.15) is 6.33 Å². The van der Waals surface area contributed by atoms with Gasteiger partial charge < -0.3 is 10.6 Å². The van der Waals surface area contributed by atoms with Crippen LogP contribution in [0.5, 0.6) is 0 Å². The predicted molar refractivity (Wildman–Crippen MR) is 72.9 cm³/mol. The van der Waals surface area contributed by atoms with Crippen LogP contribution >= 0.6 is 23.3 Å². The molecule has 94 valence electrons. The lowest BCUT2D eigenvalue weighted by Gasteiger charge is -2.13. The van der Waals surface area contributed by atoms with E-state index in [1.54, 1.807) is 32.3 Å². The summed E-state index contributed by atoms with van der Waals surface area (Å²) in [4.78, 5) is 18.5. The highest BCUT2D eigenvalue weighted by molar-refractivity contribution is 8.01. The molecule has 2 rings (SSSR count). The van der Waals surface area contributed by atoms with Crippen molar-refractivity contribution in [2.24, 2.45) is 0 Å². The SMILES string of the molecule is CN(C)C(=O)c1ccc(N)cc1Sc1ncns1. The molecule has 0 radical (unpaired) electrons. The Morgan fingerprint density at radius 1 is 1.44 bits per heavy atom. The third kappa shape index (κ3) is 2.80. The average molecular weight is 280 g/mol. The Kier molecular flexibility index (Phi) is 3.83. The van der Waals surface area contributed by atoms with E-state index < -0.39 is 0 Å². The topological polar surface area (TPSA) is 72.1 Å². The van der Waals surface area contributed by atoms with E-state index in [1.807, 2.05) is 0 Å². The Bertz CT molecular complexity index is 554. The molecule has 7 heteroatoms. The standard InChI is InChI=1S/C11H12N4OS2/c1-15(2)10(16)8-4-3-7(12)5-9(8)17-11-13-6-14-18-11/h3-6H,12H2,1-2H3. The van der Waals surface area contributed by atoms with Gasteiger partial charge in [-0.1, -0.05) is 11.8 Å². The molecule has 0 saturated heterocycles. The molecule has 0 aliphatic heterocycles. The third-order valence-electron chi connectivity index (χ3n) is 2.18. The number of nitrogens with zero attached hydrogens (tertiary/aromatic N) is 3. The molecule has 0 atom stereocenters. The fourth-order valence-electron chi connectivity index (χ4n) is 1.34. The summed E-state index contributed by atoms with van der Waals surface area (Å²) in [6.45, 7) is 0. The van der Waals surface area contributed by atoms with Crippen LogP contribution in [0.1, 0.15) is 10.4 Å². The molecule has 0 saturated carbocycles. The number of nitrogens with two attached hydrogens (primary N) is 1. The number of rotatable bonds is 3. The normalized spacial score (nSPS) is 10.3. The Balaban J connectivity index is 2.38. The summed E-state index contributed by atoms with van der Waals surface area (Å²) in [7, 11) is 3.44. The van der Waals surface area contributed by atoms with Crippen LogP contribution in [0.2, 0.25) is 0 Å². The van der Waals surface area contributed by atoms with E-state index in [2.05, 4.69) is 9.36 Å². The van der Waals surface area contributed by atoms with Crippen LogP contribution in [-0.4, -0.2) is 34.3 Å². The van der Waals surface area contributed by atoms with Crippen LogP contribution in [-0.2, 0) is 0 Å². The van der Waals surface area contributed by atoms with Crippen molar-refractivity contribution >= 4 is 34.9 Å². The molecule has 1 amide bonds. The summed E-state index contributed by atoms with van der Waals surface area (Å²) in [6.07, 6.45) is 1.49. The number of hydrogen-bond donors (Lipinski definition) is 1. The van der Waals surface area contributed by atoms with Gasteiger partial charge in [0.05, 0.1) is 5.56 Å². The Labute approximate surface area is 113 Å². The van der Waals surface area contributed by atoms with Gasteiger partial charge in [-0.2, -0.15) is 4.37 Å². The van der Waals surface area contributed by atoms with Gasteiger partial charge in [-0.05, 0) is 29.7 Å². The van der Waals surface area contributed by atoms with Crippen molar-refractivity contribution in [1.29, 1.82) is 0 Å². The van der Waals surface area contributed by atoms with E-state index in [0.29, 0.717) is 11.3 Å². The zero-order valence-electron chi connectivity index (χ0n) is 9.95. The molecule has 2 N–H and O–H groups in total. The Hall–Kier alpha value is -1.60. The highest BCUT2D eigenvalue weighted by atomic mass is 32.2. The fraction of sp³-hybridized carbons (Fsp3) is 0.182. The van der Waals surface area contributed by atoms with Crippen LogP contribution in [0.15, 0.2) is 33.8 Å². The van der Waals surface area contributed by atoms with Gasteiger partial charge in [-0.3, -0.25) is 4.79 Å². The minimum Gasteiger partial charge on any atom is -0.399 e. The number of hydrogen-bond acceptors (Lipinski definition) is 6. The second-order valence-electron chi connectivity index (χ2n) is 3.76. The van der Waals surface area contributed by atoms with Crippen LogP contribution in [0.3, 0.4) is 0 Å². The first kappa shape index (κ1) is 12.8. The van der Waals surface area contributed by atoms with Crippen molar-refractivity contribution in [3.05, 3.63) is 30.1 Å². The summed E-state index contributed by atoms with van der Waals surface area (Å²) in [5.41, 5.74) is 7.00. The minimum atomic E-state index is -0.0537. The molecule has 1 aromatic carbocycles. The number of carbonyl (C=O) groups is 1. The number of amides is 1. The molecular formula is C11H12N4OS2. The van der Waals surface area contributed by atoms with Gasteiger partial charge >= 0.3 is 0 Å². The van der Waals surface area contributed by atoms with E-state index in [0.717, 1.165) is 9.24 Å². The van der Waals surface area contributed by atoms with Crippen LogP contribution < -0.4 is 5.73 Å². The quantitative estimate of drug-likeness (QED) is 0.870. The van der Waals surface area contributed by atoms with Crippen LogP contribution in [0.4, 0.5) is 5.69 Å². The summed E-state index contributed by atoms with van der Waals surface area (Å²) < 4.78 is 4.72. The molecule has 5 nitrogen and oxygen atoms in total. The van der Waals surface area contributed by atoms with E-state index in [-0.39, 0.29) is 5.91 Å². The molecular weight excluding hydrogens is 268 g/mol. The first-order chi connectivity index (χ1) is 8.58. The lowest BCUT2D eigenvalue weighted by molar-refractivity contribution is 0.0824. The smallest absolute Gasteiger partial charge is 0.254 e. The largest absolute Gasteiger partial charge is 0.399 e. The lowest BCUT2D eigenvalue weighted by atomic mass is 10.2. The van der Waals surface area contributed by atoms with Crippen LogP contribution in [0, 0.1) is 0 Å². The molecule has 0 aliphatic carbocycles. The average Bonchev–Trinajstić information content (AvgIpc) is 2.81. The Morgan fingerprint density at radius 3 is 2.83 bits per heavy atom. The monoisotopic (exact) mass is 280 g/mol. The molecule has 1 heterocycles. The van der Waals surface area contributed by atoms with E-state index in [4.69, 9.17) is 5.73 Å². The highest BCUT2D eigenvalue weighted by Gasteiger charge is 2.15.